The quantitative estimate of drug-likeness (QED) is 0.781. The van der Waals surface area contributed by atoms with Crippen molar-refractivity contribution in [3.63, 3.8) is 0 Å². The van der Waals surface area contributed by atoms with Gasteiger partial charge in [0.1, 0.15) is 17.6 Å². The Labute approximate surface area is 154 Å². The Hall–Kier alpha value is -3.11. The average Bonchev–Trinajstić information content (AvgIpc) is 2.61. The normalized spacial score (nSPS) is 11.2. The van der Waals surface area contributed by atoms with Crippen LogP contribution in [0.3, 0.4) is 0 Å². The molecule has 0 saturated carbocycles. The molecule has 0 heterocycles. The maximum absolute atomic E-state index is 12.8. The van der Waals surface area contributed by atoms with Gasteiger partial charge in [0.15, 0.2) is 12.7 Å². The van der Waals surface area contributed by atoms with Gasteiger partial charge >= 0.3 is 5.97 Å². The first kappa shape index (κ1) is 19.2. The number of hydrogen-bond acceptors (Lipinski definition) is 5. The highest BCUT2D eigenvalue weighted by Gasteiger charge is 2.18. The molecule has 2 rings (SSSR count). The van der Waals surface area contributed by atoms with Crippen molar-refractivity contribution in [3.05, 3.63) is 58.9 Å². The van der Waals surface area contributed by atoms with Crippen LogP contribution < -0.4 is 10.1 Å². The molecule has 6 nitrogen and oxygen atoms in total. The van der Waals surface area contributed by atoms with E-state index in [1.807, 2.05) is 6.07 Å². The van der Waals surface area contributed by atoms with Crippen molar-refractivity contribution in [1.29, 1.82) is 5.26 Å². The van der Waals surface area contributed by atoms with E-state index in [2.05, 4.69) is 5.32 Å². The van der Waals surface area contributed by atoms with Crippen LogP contribution in [0.5, 0.6) is 5.75 Å². The first-order valence-corrected chi connectivity index (χ1v) is 7.85. The minimum Gasteiger partial charge on any atom is -0.479 e. The smallest absolute Gasteiger partial charge is 0.347 e. The van der Waals surface area contributed by atoms with Crippen LogP contribution in [0.1, 0.15) is 12.5 Å². The fourth-order valence-corrected chi connectivity index (χ4v) is 2.10. The van der Waals surface area contributed by atoms with Gasteiger partial charge in [0, 0.05) is 5.02 Å². The number of esters is 1. The molecule has 1 amide bonds. The number of rotatable bonds is 6. The summed E-state index contributed by atoms with van der Waals surface area (Å²) in [4.78, 5) is 23.8. The molecular weight excluding hydrogens is 363 g/mol. The Kier molecular flexibility index (Phi) is 6.53. The predicted molar refractivity (Wildman–Crippen MR) is 92.2 cm³/mol. The monoisotopic (exact) mass is 376 g/mol. The summed E-state index contributed by atoms with van der Waals surface area (Å²) in [6, 6.07) is 11.4. The van der Waals surface area contributed by atoms with Crippen LogP contribution in [0.25, 0.3) is 0 Å². The van der Waals surface area contributed by atoms with Crippen LogP contribution in [-0.2, 0) is 14.3 Å². The Bertz CT molecular complexity index is 849. The van der Waals surface area contributed by atoms with Crippen molar-refractivity contribution in [3.8, 4) is 11.8 Å². The van der Waals surface area contributed by atoms with Gasteiger partial charge in [0.05, 0.1) is 11.3 Å². The minimum absolute atomic E-state index is 0.219. The third-order valence-electron chi connectivity index (χ3n) is 3.18. The van der Waals surface area contributed by atoms with Gasteiger partial charge in [-0.05, 0) is 49.4 Å². The SMILES string of the molecule is C[C@H](Oc1ccc(F)cc1)C(=O)OCC(=O)Nc1cc(Cl)ccc1C#N. The molecule has 2 aromatic rings. The number of benzene rings is 2. The van der Waals surface area contributed by atoms with Gasteiger partial charge in [0.25, 0.3) is 5.91 Å². The number of nitriles is 1. The van der Waals surface area contributed by atoms with Gasteiger partial charge in [-0.2, -0.15) is 5.26 Å². The van der Waals surface area contributed by atoms with Gasteiger partial charge < -0.3 is 14.8 Å². The number of halogens is 2. The first-order chi connectivity index (χ1) is 12.4. The Morgan fingerprint density at radius 1 is 1.27 bits per heavy atom. The Morgan fingerprint density at radius 3 is 2.62 bits per heavy atom. The lowest BCUT2D eigenvalue weighted by Gasteiger charge is -2.14. The maximum Gasteiger partial charge on any atom is 0.347 e. The van der Waals surface area contributed by atoms with Gasteiger partial charge in [-0.1, -0.05) is 11.6 Å². The van der Waals surface area contributed by atoms with Crippen LogP contribution in [0.15, 0.2) is 42.5 Å². The highest BCUT2D eigenvalue weighted by atomic mass is 35.5. The summed E-state index contributed by atoms with van der Waals surface area (Å²) in [5.74, 6) is -1.54. The molecular formula is C18H14ClFN2O4. The standard InChI is InChI=1S/C18H14ClFN2O4/c1-11(26-15-6-4-14(20)5-7-15)18(24)25-10-17(23)22-16-8-13(19)3-2-12(16)9-21/h2-8,11H,10H2,1H3,(H,22,23)/t11-/m0/s1. The summed E-state index contributed by atoms with van der Waals surface area (Å²) in [6.45, 7) is 0.877. The molecule has 0 bridgehead atoms. The summed E-state index contributed by atoms with van der Waals surface area (Å²) >= 11 is 5.83. The van der Waals surface area contributed by atoms with Crippen molar-refractivity contribution in [2.75, 3.05) is 11.9 Å². The van der Waals surface area contributed by atoms with E-state index in [1.54, 1.807) is 0 Å². The van der Waals surface area contributed by atoms with Crippen LogP contribution >= 0.6 is 11.6 Å². The number of carbonyl (C=O) groups excluding carboxylic acids is 2. The number of ether oxygens (including phenoxy) is 2. The lowest BCUT2D eigenvalue weighted by atomic mass is 10.2. The number of hydrogen-bond donors (Lipinski definition) is 1. The van der Waals surface area contributed by atoms with Crippen molar-refractivity contribution in [2.24, 2.45) is 0 Å². The van der Waals surface area contributed by atoms with Gasteiger partial charge in [-0.25, -0.2) is 9.18 Å². The highest BCUT2D eigenvalue weighted by Crippen LogP contribution is 2.20. The molecule has 0 radical (unpaired) electrons. The molecule has 134 valence electrons. The number of amides is 1. The number of carbonyl (C=O) groups is 2. The van der Waals surface area contributed by atoms with Gasteiger partial charge in [0.2, 0.25) is 0 Å². The predicted octanol–water partition coefficient (Wildman–Crippen LogP) is 3.30. The second-order valence-electron chi connectivity index (χ2n) is 5.17. The Balaban J connectivity index is 1.86. The van der Waals surface area contributed by atoms with E-state index in [4.69, 9.17) is 26.3 Å². The van der Waals surface area contributed by atoms with E-state index in [9.17, 15) is 14.0 Å². The molecule has 0 unspecified atom stereocenters. The zero-order valence-corrected chi connectivity index (χ0v) is 14.4. The van der Waals surface area contributed by atoms with Crippen LogP contribution in [0.4, 0.5) is 10.1 Å². The van der Waals surface area contributed by atoms with E-state index in [0.29, 0.717) is 5.02 Å². The molecule has 2 aromatic carbocycles. The minimum atomic E-state index is -0.992. The molecule has 0 fully saturated rings. The molecule has 26 heavy (non-hydrogen) atoms. The number of nitrogens with zero attached hydrogens (tertiary/aromatic N) is 1. The van der Waals surface area contributed by atoms with E-state index in [0.717, 1.165) is 0 Å². The third-order valence-corrected chi connectivity index (χ3v) is 3.42. The molecule has 0 saturated heterocycles. The number of nitrogens with one attached hydrogen (secondary N) is 1. The van der Waals surface area contributed by atoms with Crippen molar-refractivity contribution < 1.29 is 23.5 Å². The van der Waals surface area contributed by atoms with Crippen LogP contribution in [0, 0.1) is 17.1 Å². The summed E-state index contributed by atoms with van der Waals surface area (Å²) in [5, 5.41) is 11.8. The lowest BCUT2D eigenvalue weighted by molar-refractivity contribution is -0.153. The third kappa shape index (κ3) is 5.46. The number of anilines is 1. The maximum atomic E-state index is 12.8. The van der Waals surface area contributed by atoms with Crippen LogP contribution in [0.2, 0.25) is 5.02 Å². The van der Waals surface area contributed by atoms with E-state index in [-0.39, 0.29) is 17.0 Å². The van der Waals surface area contributed by atoms with Crippen molar-refractivity contribution in [1.82, 2.24) is 0 Å². The molecule has 1 atom stereocenters. The molecule has 0 aliphatic carbocycles. The zero-order valence-electron chi connectivity index (χ0n) is 13.7. The summed E-state index contributed by atoms with van der Waals surface area (Å²) in [6.07, 6.45) is -0.992. The fourth-order valence-electron chi connectivity index (χ4n) is 1.92. The van der Waals surface area contributed by atoms with E-state index < -0.39 is 30.4 Å². The average molecular weight is 377 g/mol. The van der Waals surface area contributed by atoms with Crippen molar-refractivity contribution >= 4 is 29.2 Å². The van der Waals surface area contributed by atoms with Gasteiger partial charge in [-0.3, -0.25) is 4.79 Å². The second-order valence-corrected chi connectivity index (χ2v) is 5.61. The largest absolute Gasteiger partial charge is 0.479 e. The molecule has 8 heteroatoms. The fraction of sp³-hybridized carbons (Fsp3) is 0.167. The second kappa shape index (κ2) is 8.83. The first-order valence-electron chi connectivity index (χ1n) is 7.47. The molecule has 0 aliphatic rings. The Morgan fingerprint density at radius 2 is 1.96 bits per heavy atom. The van der Waals surface area contributed by atoms with Gasteiger partial charge in [-0.15, -0.1) is 0 Å². The van der Waals surface area contributed by atoms with Crippen molar-refractivity contribution in [2.45, 2.75) is 13.0 Å². The topological polar surface area (TPSA) is 88.4 Å². The van der Waals surface area contributed by atoms with E-state index >= 15 is 0 Å². The summed E-state index contributed by atoms with van der Waals surface area (Å²) in [5.41, 5.74) is 0.443. The molecule has 0 aromatic heterocycles. The van der Waals surface area contributed by atoms with Crippen LogP contribution in [-0.4, -0.2) is 24.6 Å². The highest BCUT2D eigenvalue weighted by molar-refractivity contribution is 6.31. The summed E-state index contributed by atoms with van der Waals surface area (Å²) in [7, 11) is 0. The lowest BCUT2D eigenvalue weighted by Crippen LogP contribution is -2.29. The zero-order chi connectivity index (χ0) is 19.1. The summed E-state index contributed by atoms with van der Waals surface area (Å²) < 4.78 is 23.0. The molecule has 1 N–H and O–H groups in total. The molecule has 0 spiro atoms. The molecule has 0 aliphatic heterocycles. The van der Waals surface area contributed by atoms with E-state index in [1.165, 1.54) is 49.4 Å².